The van der Waals surface area contributed by atoms with Gasteiger partial charge in [0, 0.05) is 6.04 Å². The SMILES string of the molecule is Cc1ccc(C(C)NCCCC(C)O)cc1C. The Morgan fingerprint density at radius 1 is 1.18 bits per heavy atom. The van der Waals surface area contributed by atoms with Crippen LogP contribution in [0.4, 0.5) is 0 Å². The molecule has 0 aliphatic heterocycles. The Labute approximate surface area is 105 Å². The van der Waals surface area contributed by atoms with E-state index >= 15 is 0 Å². The van der Waals surface area contributed by atoms with Crippen LogP contribution in [-0.4, -0.2) is 17.8 Å². The maximum absolute atomic E-state index is 9.17. The van der Waals surface area contributed by atoms with E-state index in [1.54, 1.807) is 0 Å². The third-order valence-electron chi connectivity index (χ3n) is 3.28. The molecule has 96 valence electrons. The van der Waals surface area contributed by atoms with Crippen molar-refractivity contribution in [2.24, 2.45) is 0 Å². The molecule has 0 spiro atoms. The topological polar surface area (TPSA) is 32.3 Å². The van der Waals surface area contributed by atoms with Crippen LogP contribution in [0.15, 0.2) is 18.2 Å². The summed E-state index contributed by atoms with van der Waals surface area (Å²) in [6.07, 6.45) is 1.70. The van der Waals surface area contributed by atoms with Gasteiger partial charge in [0.1, 0.15) is 0 Å². The van der Waals surface area contributed by atoms with Crippen molar-refractivity contribution in [1.29, 1.82) is 0 Å². The van der Waals surface area contributed by atoms with Gasteiger partial charge < -0.3 is 10.4 Å². The number of hydrogen-bond acceptors (Lipinski definition) is 2. The summed E-state index contributed by atoms with van der Waals surface area (Å²) < 4.78 is 0. The molecular weight excluding hydrogens is 210 g/mol. The fraction of sp³-hybridized carbons (Fsp3) is 0.600. The summed E-state index contributed by atoms with van der Waals surface area (Å²) in [6.45, 7) is 9.27. The molecule has 2 nitrogen and oxygen atoms in total. The Hall–Kier alpha value is -0.860. The lowest BCUT2D eigenvalue weighted by Crippen LogP contribution is -2.20. The molecule has 0 bridgehead atoms. The molecule has 0 saturated carbocycles. The highest BCUT2D eigenvalue weighted by Crippen LogP contribution is 2.16. The van der Waals surface area contributed by atoms with Crippen LogP contribution in [0.1, 0.15) is 49.4 Å². The molecule has 2 unspecified atom stereocenters. The molecule has 2 atom stereocenters. The van der Waals surface area contributed by atoms with Gasteiger partial charge in [0.2, 0.25) is 0 Å². The molecular formula is C15H25NO. The molecule has 2 N–H and O–H groups in total. The molecule has 0 fully saturated rings. The van der Waals surface area contributed by atoms with Crippen LogP contribution in [0.5, 0.6) is 0 Å². The minimum atomic E-state index is -0.186. The summed E-state index contributed by atoms with van der Waals surface area (Å²) >= 11 is 0. The van der Waals surface area contributed by atoms with E-state index in [9.17, 15) is 5.11 Å². The van der Waals surface area contributed by atoms with Crippen molar-refractivity contribution in [2.45, 2.75) is 52.7 Å². The molecule has 0 heterocycles. The molecule has 0 radical (unpaired) electrons. The molecule has 0 amide bonds. The summed E-state index contributed by atoms with van der Waals surface area (Å²) in [6, 6.07) is 7.00. The average Bonchev–Trinajstić information content (AvgIpc) is 2.27. The van der Waals surface area contributed by atoms with E-state index in [-0.39, 0.29) is 6.10 Å². The highest BCUT2D eigenvalue weighted by molar-refractivity contribution is 5.31. The monoisotopic (exact) mass is 235 g/mol. The number of aliphatic hydroxyl groups excluding tert-OH is 1. The van der Waals surface area contributed by atoms with Gasteiger partial charge >= 0.3 is 0 Å². The second-order valence-corrected chi connectivity index (χ2v) is 5.01. The summed E-state index contributed by atoms with van der Waals surface area (Å²) in [7, 11) is 0. The third-order valence-corrected chi connectivity index (χ3v) is 3.28. The van der Waals surface area contributed by atoms with Crippen molar-refractivity contribution in [2.75, 3.05) is 6.54 Å². The molecule has 0 aliphatic rings. The van der Waals surface area contributed by atoms with Crippen molar-refractivity contribution in [3.8, 4) is 0 Å². The van der Waals surface area contributed by atoms with E-state index in [2.05, 4.69) is 44.3 Å². The van der Waals surface area contributed by atoms with Gasteiger partial charge in [-0.05, 0) is 63.8 Å². The van der Waals surface area contributed by atoms with Gasteiger partial charge in [-0.1, -0.05) is 18.2 Å². The Bertz CT molecular complexity index is 347. The van der Waals surface area contributed by atoms with E-state index < -0.39 is 0 Å². The van der Waals surface area contributed by atoms with Gasteiger partial charge in [-0.3, -0.25) is 0 Å². The first kappa shape index (κ1) is 14.2. The van der Waals surface area contributed by atoms with Gasteiger partial charge in [0.05, 0.1) is 6.10 Å². The minimum Gasteiger partial charge on any atom is -0.393 e. The first-order valence-corrected chi connectivity index (χ1v) is 6.49. The van der Waals surface area contributed by atoms with Crippen molar-refractivity contribution >= 4 is 0 Å². The lowest BCUT2D eigenvalue weighted by molar-refractivity contribution is 0.181. The van der Waals surface area contributed by atoms with E-state index in [1.165, 1.54) is 16.7 Å². The molecule has 1 aromatic carbocycles. The maximum atomic E-state index is 9.17. The van der Waals surface area contributed by atoms with Gasteiger partial charge in [0.15, 0.2) is 0 Å². The summed E-state index contributed by atoms with van der Waals surface area (Å²) in [4.78, 5) is 0. The van der Waals surface area contributed by atoms with E-state index in [1.807, 2.05) is 6.92 Å². The number of aliphatic hydroxyl groups is 1. The van der Waals surface area contributed by atoms with Crippen molar-refractivity contribution in [3.63, 3.8) is 0 Å². The first-order valence-electron chi connectivity index (χ1n) is 6.49. The van der Waals surface area contributed by atoms with Crippen LogP contribution in [0.25, 0.3) is 0 Å². The summed E-state index contributed by atoms with van der Waals surface area (Å²) in [5.41, 5.74) is 4.03. The Kier molecular flexibility index (Phi) is 5.66. The highest BCUT2D eigenvalue weighted by Gasteiger charge is 2.05. The zero-order valence-corrected chi connectivity index (χ0v) is 11.5. The van der Waals surface area contributed by atoms with Crippen LogP contribution in [0.2, 0.25) is 0 Å². The number of nitrogens with one attached hydrogen (secondary N) is 1. The van der Waals surface area contributed by atoms with Crippen LogP contribution in [0, 0.1) is 13.8 Å². The average molecular weight is 235 g/mol. The lowest BCUT2D eigenvalue weighted by atomic mass is 10.0. The number of benzene rings is 1. The zero-order valence-electron chi connectivity index (χ0n) is 11.5. The number of rotatable bonds is 6. The van der Waals surface area contributed by atoms with E-state index in [0.29, 0.717) is 6.04 Å². The predicted octanol–water partition coefficient (Wildman–Crippen LogP) is 3.12. The van der Waals surface area contributed by atoms with Crippen molar-refractivity contribution in [1.82, 2.24) is 5.32 Å². The normalized spacial score (nSPS) is 14.6. The molecule has 0 aromatic heterocycles. The quantitative estimate of drug-likeness (QED) is 0.743. The number of hydrogen-bond donors (Lipinski definition) is 2. The molecule has 1 aromatic rings. The Morgan fingerprint density at radius 2 is 1.88 bits per heavy atom. The zero-order chi connectivity index (χ0) is 12.8. The predicted molar refractivity (Wildman–Crippen MR) is 73.2 cm³/mol. The van der Waals surface area contributed by atoms with Crippen molar-refractivity contribution < 1.29 is 5.11 Å². The largest absolute Gasteiger partial charge is 0.393 e. The second kappa shape index (κ2) is 6.77. The second-order valence-electron chi connectivity index (χ2n) is 5.01. The van der Waals surface area contributed by atoms with Crippen LogP contribution >= 0.6 is 0 Å². The fourth-order valence-electron chi connectivity index (χ4n) is 1.87. The lowest BCUT2D eigenvalue weighted by Gasteiger charge is -2.16. The van der Waals surface area contributed by atoms with Crippen LogP contribution < -0.4 is 5.32 Å². The molecule has 1 rings (SSSR count). The van der Waals surface area contributed by atoms with Crippen LogP contribution in [0.3, 0.4) is 0 Å². The molecule has 0 saturated heterocycles. The van der Waals surface area contributed by atoms with Gasteiger partial charge in [-0.25, -0.2) is 0 Å². The Balaban J connectivity index is 2.41. The third kappa shape index (κ3) is 4.88. The molecule has 2 heteroatoms. The van der Waals surface area contributed by atoms with Gasteiger partial charge in [0.25, 0.3) is 0 Å². The standard InChI is InChI=1S/C15H25NO/c1-11-7-8-15(10-12(11)2)14(4)16-9-5-6-13(3)17/h7-8,10,13-14,16-17H,5-6,9H2,1-4H3. The smallest absolute Gasteiger partial charge is 0.0512 e. The van der Waals surface area contributed by atoms with E-state index in [4.69, 9.17) is 0 Å². The van der Waals surface area contributed by atoms with Crippen molar-refractivity contribution in [3.05, 3.63) is 34.9 Å². The minimum absolute atomic E-state index is 0.186. The maximum Gasteiger partial charge on any atom is 0.0512 e. The fourth-order valence-corrected chi connectivity index (χ4v) is 1.87. The van der Waals surface area contributed by atoms with Gasteiger partial charge in [-0.2, -0.15) is 0 Å². The summed E-state index contributed by atoms with van der Waals surface area (Å²) in [5.74, 6) is 0. The van der Waals surface area contributed by atoms with Gasteiger partial charge in [-0.15, -0.1) is 0 Å². The van der Waals surface area contributed by atoms with E-state index in [0.717, 1.165) is 19.4 Å². The first-order chi connectivity index (χ1) is 8.00. The number of aryl methyl sites for hydroxylation is 2. The Morgan fingerprint density at radius 3 is 2.47 bits per heavy atom. The highest BCUT2D eigenvalue weighted by atomic mass is 16.3. The molecule has 0 aliphatic carbocycles. The summed E-state index contributed by atoms with van der Waals surface area (Å²) in [5, 5.41) is 12.7. The van der Waals surface area contributed by atoms with Crippen LogP contribution in [-0.2, 0) is 0 Å². The molecule has 17 heavy (non-hydrogen) atoms.